The van der Waals surface area contributed by atoms with Crippen LogP contribution >= 0.6 is 0 Å². The molecular weight excluding hydrogens is 512 g/mol. The van der Waals surface area contributed by atoms with Crippen LogP contribution in [-0.2, 0) is 14.4 Å². The van der Waals surface area contributed by atoms with E-state index in [4.69, 9.17) is 14.2 Å². The zero-order chi connectivity index (χ0) is 29.1. The molecule has 210 valence electrons. The van der Waals surface area contributed by atoms with Crippen LogP contribution in [0.5, 0.6) is 17.2 Å². The molecule has 10 heteroatoms. The van der Waals surface area contributed by atoms with Gasteiger partial charge < -0.3 is 24.8 Å². The van der Waals surface area contributed by atoms with Crippen molar-refractivity contribution < 1.29 is 28.6 Å². The fourth-order valence-electron chi connectivity index (χ4n) is 3.84. The van der Waals surface area contributed by atoms with Gasteiger partial charge in [0.2, 0.25) is 0 Å². The quantitative estimate of drug-likeness (QED) is 0.184. The number of carbonyl (C=O) groups excluding carboxylic acids is 3. The molecule has 3 aromatic carbocycles. The smallest absolute Gasteiger partial charge is 0.329 e. The first-order valence-electron chi connectivity index (χ1n) is 12.8. The minimum atomic E-state index is -0.931. The number of hydrogen-bond acceptors (Lipinski definition) is 7. The van der Waals surface area contributed by atoms with Crippen LogP contribution in [0.3, 0.4) is 0 Å². The molecule has 0 spiro atoms. The van der Waals surface area contributed by atoms with Crippen LogP contribution in [0.1, 0.15) is 35.6 Å². The predicted molar refractivity (Wildman–Crippen MR) is 154 cm³/mol. The maximum Gasteiger partial charge on any atom is 0.329 e. The number of anilines is 2. The zero-order valence-corrected chi connectivity index (χ0v) is 23.3. The molecule has 0 aromatic heterocycles. The summed E-state index contributed by atoms with van der Waals surface area (Å²) in [5.74, 6) is -0.688. The Kier molecular flexibility index (Phi) is 10.6. The highest BCUT2D eigenvalue weighted by atomic mass is 16.5. The van der Waals surface area contributed by atoms with Gasteiger partial charge in [-0.3, -0.25) is 14.4 Å². The molecular formula is C30H34N4O6. The van der Waals surface area contributed by atoms with Crippen molar-refractivity contribution in [2.24, 2.45) is 5.10 Å². The number of ether oxygens (including phenoxy) is 3. The lowest BCUT2D eigenvalue weighted by Gasteiger charge is -2.14. The first-order valence-corrected chi connectivity index (χ1v) is 12.8. The van der Waals surface area contributed by atoms with Crippen LogP contribution < -0.4 is 30.3 Å². The third-order valence-electron chi connectivity index (χ3n) is 5.66. The van der Waals surface area contributed by atoms with E-state index in [2.05, 4.69) is 21.2 Å². The summed E-state index contributed by atoms with van der Waals surface area (Å²) in [6, 6.07) is 15.6. The number of aryl methyl sites for hydroxylation is 3. The molecule has 0 aliphatic heterocycles. The molecule has 0 heterocycles. The van der Waals surface area contributed by atoms with E-state index in [1.165, 1.54) is 13.3 Å². The van der Waals surface area contributed by atoms with E-state index in [1.807, 2.05) is 39.8 Å². The van der Waals surface area contributed by atoms with E-state index in [0.29, 0.717) is 35.1 Å². The van der Waals surface area contributed by atoms with Crippen molar-refractivity contribution >= 4 is 35.3 Å². The Balaban J connectivity index is 1.51. The lowest BCUT2D eigenvalue weighted by atomic mass is 10.1. The molecule has 10 nitrogen and oxygen atoms in total. The van der Waals surface area contributed by atoms with Crippen molar-refractivity contribution in [3.63, 3.8) is 0 Å². The Labute approximate surface area is 233 Å². The van der Waals surface area contributed by atoms with Crippen LogP contribution in [0, 0.1) is 20.8 Å². The van der Waals surface area contributed by atoms with Crippen molar-refractivity contribution in [2.75, 3.05) is 31.0 Å². The van der Waals surface area contributed by atoms with E-state index in [1.54, 1.807) is 42.5 Å². The fraction of sp³-hybridized carbons (Fsp3) is 0.267. The van der Waals surface area contributed by atoms with Gasteiger partial charge in [0.1, 0.15) is 5.75 Å². The third-order valence-corrected chi connectivity index (χ3v) is 5.66. The molecule has 0 aliphatic carbocycles. The third kappa shape index (κ3) is 8.59. The van der Waals surface area contributed by atoms with Crippen LogP contribution in [0.4, 0.5) is 11.4 Å². The number of benzene rings is 3. The second-order valence-electron chi connectivity index (χ2n) is 9.05. The van der Waals surface area contributed by atoms with Gasteiger partial charge in [-0.2, -0.15) is 5.10 Å². The van der Waals surface area contributed by atoms with Crippen LogP contribution in [0.2, 0.25) is 0 Å². The average Bonchev–Trinajstić information content (AvgIpc) is 2.93. The second-order valence-corrected chi connectivity index (χ2v) is 9.05. The largest absolute Gasteiger partial charge is 0.494 e. The van der Waals surface area contributed by atoms with Crippen LogP contribution in [-0.4, -0.2) is 44.3 Å². The second kappa shape index (κ2) is 14.3. The molecule has 0 radical (unpaired) electrons. The molecule has 3 amide bonds. The van der Waals surface area contributed by atoms with Gasteiger partial charge in [-0.1, -0.05) is 24.6 Å². The van der Waals surface area contributed by atoms with E-state index < -0.39 is 11.8 Å². The summed E-state index contributed by atoms with van der Waals surface area (Å²) in [6.07, 6.45) is 2.24. The first-order chi connectivity index (χ1) is 19.2. The maximum atomic E-state index is 12.5. The normalized spacial score (nSPS) is 10.6. The number of hydrazone groups is 1. The van der Waals surface area contributed by atoms with Gasteiger partial charge in [-0.05, 0) is 86.3 Å². The van der Waals surface area contributed by atoms with Crippen molar-refractivity contribution in [1.82, 2.24) is 5.43 Å². The SMILES string of the molecule is CCCOc1ccc(NC(=O)C(=O)N/N=C\c2ccc(OCC(=O)Nc3c(C)cc(C)cc3C)c(OC)c2)cc1. The van der Waals surface area contributed by atoms with Crippen molar-refractivity contribution in [3.8, 4) is 17.2 Å². The average molecular weight is 547 g/mol. The molecule has 3 aromatic rings. The number of carbonyl (C=O) groups is 3. The van der Waals surface area contributed by atoms with Gasteiger partial charge in [-0.25, -0.2) is 5.43 Å². The number of nitrogens with one attached hydrogen (secondary N) is 3. The Bertz CT molecular complexity index is 1360. The molecule has 0 saturated heterocycles. The van der Waals surface area contributed by atoms with Gasteiger partial charge in [0.15, 0.2) is 18.1 Å². The summed E-state index contributed by atoms with van der Waals surface area (Å²) < 4.78 is 16.5. The zero-order valence-electron chi connectivity index (χ0n) is 23.3. The van der Waals surface area contributed by atoms with Crippen molar-refractivity contribution in [2.45, 2.75) is 34.1 Å². The monoisotopic (exact) mass is 546 g/mol. The van der Waals surface area contributed by atoms with E-state index >= 15 is 0 Å². The van der Waals surface area contributed by atoms with E-state index in [0.717, 1.165) is 28.8 Å². The Morgan fingerprint density at radius 2 is 1.55 bits per heavy atom. The topological polar surface area (TPSA) is 127 Å². The molecule has 40 heavy (non-hydrogen) atoms. The fourth-order valence-corrected chi connectivity index (χ4v) is 3.84. The van der Waals surface area contributed by atoms with Crippen LogP contribution in [0.25, 0.3) is 0 Å². The molecule has 0 aliphatic rings. The predicted octanol–water partition coefficient (Wildman–Crippen LogP) is 4.52. The standard InChI is InChI=1S/C30H34N4O6/c1-6-13-39-24-10-8-23(9-11-24)32-29(36)30(37)34-31-17-22-7-12-25(26(16-22)38-5)40-18-27(35)33-28-20(3)14-19(2)15-21(28)4/h7-12,14-17H,6,13,18H2,1-5H3,(H,32,36)(H,33,35)(H,34,37)/b31-17-. The minimum absolute atomic E-state index is 0.212. The minimum Gasteiger partial charge on any atom is -0.494 e. The Morgan fingerprint density at radius 3 is 2.20 bits per heavy atom. The highest BCUT2D eigenvalue weighted by Crippen LogP contribution is 2.28. The summed E-state index contributed by atoms with van der Waals surface area (Å²) >= 11 is 0. The number of methoxy groups -OCH3 is 1. The van der Waals surface area contributed by atoms with Gasteiger partial charge in [0.05, 0.1) is 19.9 Å². The molecule has 0 saturated carbocycles. The van der Waals surface area contributed by atoms with Gasteiger partial charge in [0, 0.05) is 11.4 Å². The summed E-state index contributed by atoms with van der Waals surface area (Å²) in [6.45, 7) is 8.28. The van der Waals surface area contributed by atoms with Crippen LogP contribution in [0.15, 0.2) is 59.7 Å². The summed E-state index contributed by atoms with van der Waals surface area (Å²) in [7, 11) is 1.47. The van der Waals surface area contributed by atoms with Crippen molar-refractivity contribution in [3.05, 3.63) is 76.9 Å². The van der Waals surface area contributed by atoms with E-state index in [-0.39, 0.29) is 12.5 Å². The molecule has 0 atom stereocenters. The number of amides is 3. The Morgan fingerprint density at radius 1 is 0.850 bits per heavy atom. The molecule has 3 rings (SSSR count). The number of rotatable bonds is 11. The Hall–Kier alpha value is -4.86. The van der Waals surface area contributed by atoms with Gasteiger partial charge >= 0.3 is 11.8 Å². The summed E-state index contributed by atoms with van der Waals surface area (Å²) in [4.78, 5) is 36.8. The molecule has 0 fully saturated rings. The number of nitrogens with zero attached hydrogens (tertiary/aromatic N) is 1. The number of hydrogen-bond donors (Lipinski definition) is 3. The summed E-state index contributed by atoms with van der Waals surface area (Å²) in [5, 5.41) is 9.22. The maximum absolute atomic E-state index is 12.5. The lowest BCUT2D eigenvalue weighted by Crippen LogP contribution is -2.32. The first kappa shape index (κ1) is 29.7. The lowest BCUT2D eigenvalue weighted by molar-refractivity contribution is -0.136. The molecule has 3 N–H and O–H groups in total. The summed E-state index contributed by atoms with van der Waals surface area (Å²) in [5.41, 5.74) is 7.05. The van der Waals surface area contributed by atoms with Gasteiger partial charge in [-0.15, -0.1) is 0 Å². The highest BCUT2D eigenvalue weighted by molar-refractivity contribution is 6.39. The van der Waals surface area contributed by atoms with Crippen molar-refractivity contribution in [1.29, 1.82) is 0 Å². The molecule has 0 bridgehead atoms. The molecule has 0 unspecified atom stereocenters. The highest BCUT2D eigenvalue weighted by Gasteiger charge is 2.14. The van der Waals surface area contributed by atoms with Gasteiger partial charge in [0.25, 0.3) is 5.91 Å². The van der Waals surface area contributed by atoms with E-state index in [9.17, 15) is 14.4 Å².